The van der Waals surface area contributed by atoms with E-state index in [1.54, 1.807) is 24.5 Å². The van der Waals surface area contributed by atoms with Gasteiger partial charge in [0.25, 0.3) is 11.5 Å². The molecule has 0 spiro atoms. The second kappa shape index (κ2) is 9.72. The Kier molecular flexibility index (Phi) is 7.04. The summed E-state index contributed by atoms with van der Waals surface area (Å²) in [5, 5.41) is 5.09. The first-order chi connectivity index (χ1) is 14.8. The molecule has 3 amide bonds. The van der Waals surface area contributed by atoms with Crippen molar-refractivity contribution in [3.05, 3.63) is 39.9 Å². The SMILES string of the molecule is CC(C)NC(=O)NC(=O)[C@@H](C)OC(=O)c1ccc2c(=O)n3c(nc2c1)CCCCCC3. The van der Waals surface area contributed by atoms with Gasteiger partial charge in [0.15, 0.2) is 6.10 Å². The van der Waals surface area contributed by atoms with Crippen molar-refractivity contribution in [2.75, 3.05) is 0 Å². The number of amides is 3. The minimum absolute atomic E-state index is 0.106. The Morgan fingerprint density at radius 2 is 1.84 bits per heavy atom. The van der Waals surface area contributed by atoms with Gasteiger partial charge >= 0.3 is 12.0 Å². The number of ether oxygens (including phenoxy) is 1. The van der Waals surface area contributed by atoms with Crippen LogP contribution < -0.4 is 16.2 Å². The number of nitrogens with one attached hydrogen (secondary N) is 2. The molecule has 0 saturated carbocycles. The second-order valence-corrected chi connectivity index (χ2v) is 8.05. The van der Waals surface area contributed by atoms with Gasteiger partial charge in [0.05, 0.1) is 16.5 Å². The van der Waals surface area contributed by atoms with Crippen LogP contribution in [0.4, 0.5) is 4.79 Å². The number of aryl methyl sites for hydroxylation is 1. The van der Waals surface area contributed by atoms with Crippen molar-refractivity contribution in [1.29, 1.82) is 0 Å². The van der Waals surface area contributed by atoms with Gasteiger partial charge in [0.2, 0.25) is 0 Å². The topological polar surface area (TPSA) is 119 Å². The highest BCUT2D eigenvalue weighted by molar-refractivity contribution is 5.99. The summed E-state index contributed by atoms with van der Waals surface area (Å²) in [4.78, 5) is 53.8. The number of hydrogen-bond donors (Lipinski definition) is 2. The predicted octanol–water partition coefficient (Wildman–Crippen LogP) is 2.29. The average molecular weight is 428 g/mol. The zero-order chi connectivity index (χ0) is 22.5. The Bertz CT molecular complexity index is 1060. The summed E-state index contributed by atoms with van der Waals surface area (Å²) in [7, 11) is 0. The van der Waals surface area contributed by atoms with Crippen LogP contribution in [0.2, 0.25) is 0 Å². The molecule has 2 aromatic rings. The number of fused-ring (bicyclic) bond motifs is 2. The fourth-order valence-electron chi connectivity index (χ4n) is 3.52. The lowest BCUT2D eigenvalue weighted by Gasteiger charge is -2.17. The van der Waals surface area contributed by atoms with Crippen LogP contribution >= 0.6 is 0 Å². The number of imide groups is 1. The number of benzene rings is 1. The fourth-order valence-corrected chi connectivity index (χ4v) is 3.52. The standard InChI is InChI=1S/C22H28N4O5/c1-13(2)23-22(30)25-19(27)14(3)31-21(29)15-9-10-16-17(12-15)24-18-8-6-4-5-7-11-26(18)20(16)28/h9-10,12-14H,4-8,11H2,1-3H3,(H2,23,25,27,30)/t14-/m1/s1. The van der Waals surface area contributed by atoms with Crippen molar-refractivity contribution in [2.24, 2.45) is 0 Å². The molecule has 166 valence electrons. The van der Waals surface area contributed by atoms with Crippen LogP contribution in [0, 0.1) is 0 Å². The average Bonchev–Trinajstić information content (AvgIpc) is 2.68. The molecule has 1 aromatic heterocycles. The summed E-state index contributed by atoms with van der Waals surface area (Å²) in [6.07, 6.45) is 3.66. The van der Waals surface area contributed by atoms with E-state index in [-0.39, 0.29) is 17.2 Å². The highest BCUT2D eigenvalue weighted by Gasteiger charge is 2.22. The molecule has 3 rings (SSSR count). The second-order valence-electron chi connectivity index (χ2n) is 8.05. The van der Waals surface area contributed by atoms with E-state index in [0.717, 1.165) is 37.9 Å². The molecule has 1 aliphatic rings. The van der Waals surface area contributed by atoms with Crippen molar-refractivity contribution in [3.8, 4) is 0 Å². The van der Waals surface area contributed by atoms with Gasteiger partial charge in [-0.1, -0.05) is 12.8 Å². The molecule has 0 aliphatic carbocycles. The third-order valence-corrected chi connectivity index (χ3v) is 5.11. The minimum atomic E-state index is -1.17. The first-order valence-corrected chi connectivity index (χ1v) is 10.6. The predicted molar refractivity (Wildman–Crippen MR) is 115 cm³/mol. The van der Waals surface area contributed by atoms with E-state index in [2.05, 4.69) is 15.6 Å². The fraction of sp³-hybridized carbons (Fsp3) is 0.500. The van der Waals surface area contributed by atoms with Crippen molar-refractivity contribution < 1.29 is 19.1 Å². The first-order valence-electron chi connectivity index (χ1n) is 10.6. The van der Waals surface area contributed by atoms with Crippen LogP contribution in [-0.2, 0) is 22.5 Å². The van der Waals surface area contributed by atoms with Crippen LogP contribution in [0.25, 0.3) is 10.9 Å². The molecule has 1 aromatic carbocycles. The molecule has 1 atom stereocenters. The summed E-state index contributed by atoms with van der Waals surface area (Å²) in [5.74, 6) is -0.737. The monoisotopic (exact) mass is 428 g/mol. The van der Waals surface area contributed by atoms with E-state index in [4.69, 9.17) is 4.74 Å². The van der Waals surface area contributed by atoms with Gasteiger partial charge in [0.1, 0.15) is 5.82 Å². The van der Waals surface area contributed by atoms with Crippen molar-refractivity contribution in [2.45, 2.75) is 71.6 Å². The molecule has 31 heavy (non-hydrogen) atoms. The maximum atomic E-state index is 12.9. The third-order valence-electron chi connectivity index (χ3n) is 5.11. The highest BCUT2D eigenvalue weighted by atomic mass is 16.5. The lowest BCUT2D eigenvalue weighted by molar-refractivity contribution is -0.127. The molecule has 0 saturated heterocycles. The van der Waals surface area contributed by atoms with E-state index in [9.17, 15) is 19.2 Å². The highest BCUT2D eigenvalue weighted by Crippen LogP contribution is 2.17. The van der Waals surface area contributed by atoms with Crippen molar-refractivity contribution in [1.82, 2.24) is 20.2 Å². The molecule has 1 aliphatic heterocycles. The van der Waals surface area contributed by atoms with E-state index in [0.29, 0.717) is 17.4 Å². The molecule has 0 bridgehead atoms. The lowest BCUT2D eigenvalue weighted by atomic mass is 10.1. The van der Waals surface area contributed by atoms with E-state index in [1.165, 1.54) is 19.1 Å². The molecule has 2 N–H and O–H groups in total. The molecular formula is C22H28N4O5. The van der Waals surface area contributed by atoms with Crippen LogP contribution in [0.1, 0.15) is 62.6 Å². The molecule has 2 heterocycles. The number of carbonyl (C=O) groups excluding carboxylic acids is 3. The number of urea groups is 1. The van der Waals surface area contributed by atoms with E-state index < -0.39 is 24.0 Å². The largest absolute Gasteiger partial charge is 0.449 e. The summed E-state index contributed by atoms with van der Waals surface area (Å²) in [5.41, 5.74) is 0.506. The Hall–Kier alpha value is -3.23. The maximum absolute atomic E-state index is 12.9. The summed E-state index contributed by atoms with van der Waals surface area (Å²) in [6.45, 7) is 5.55. The zero-order valence-corrected chi connectivity index (χ0v) is 18.1. The molecule has 0 radical (unpaired) electrons. The number of rotatable bonds is 4. The number of carbonyl (C=O) groups is 3. The summed E-state index contributed by atoms with van der Waals surface area (Å²) < 4.78 is 6.92. The first kappa shape index (κ1) is 22.5. The van der Waals surface area contributed by atoms with Gasteiger partial charge in [-0.3, -0.25) is 19.5 Å². The van der Waals surface area contributed by atoms with Crippen LogP contribution in [0.5, 0.6) is 0 Å². The normalized spacial score (nSPS) is 14.8. The van der Waals surface area contributed by atoms with Crippen molar-refractivity contribution in [3.63, 3.8) is 0 Å². The van der Waals surface area contributed by atoms with Gasteiger partial charge in [-0.25, -0.2) is 14.6 Å². The quantitative estimate of drug-likeness (QED) is 0.721. The third kappa shape index (κ3) is 5.48. The zero-order valence-electron chi connectivity index (χ0n) is 18.1. The molecule has 9 heteroatoms. The van der Waals surface area contributed by atoms with Gasteiger partial charge in [0, 0.05) is 19.0 Å². The van der Waals surface area contributed by atoms with Gasteiger partial charge in [-0.05, 0) is 51.8 Å². The van der Waals surface area contributed by atoms with Gasteiger partial charge in [-0.2, -0.15) is 0 Å². The lowest BCUT2D eigenvalue weighted by Crippen LogP contribution is -2.46. The smallest absolute Gasteiger partial charge is 0.338 e. The Balaban J connectivity index is 1.77. The number of hydrogen-bond acceptors (Lipinski definition) is 6. The Labute approximate surface area is 180 Å². The number of nitrogens with zero attached hydrogens (tertiary/aromatic N) is 2. The Morgan fingerprint density at radius 1 is 1.10 bits per heavy atom. The number of aromatic nitrogens is 2. The minimum Gasteiger partial charge on any atom is -0.449 e. The van der Waals surface area contributed by atoms with Gasteiger partial charge in [-0.15, -0.1) is 0 Å². The van der Waals surface area contributed by atoms with Crippen LogP contribution in [0.15, 0.2) is 23.0 Å². The maximum Gasteiger partial charge on any atom is 0.338 e. The van der Waals surface area contributed by atoms with Crippen LogP contribution in [-0.4, -0.2) is 39.6 Å². The molecule has 9 nitrogen and oxygen atoms in total. The van der Waals surface area contributed by atoms with E-state index in [1.807, 2.05) is 0 Å². The number of esters is 1. The Morgan fingerprint density at radius 3 is 2.58 bits per heavy atom. The molecule has 0 unspecified atom stereocenters. The molecular weight excluding hydrogens is 400 g/mol. The van der Waals surface area contributed by atoms with Crippen molar-refractivity contribution >= 4 is 28.8 Å². The summed E-state index contributed by atoms with van der Waals surface area (Å²) in [6, 6.07) is 3.76. The summed E-state index contributed by atoms with van der Waals surface area (Å²) >= 11 is 0. The molecule has 0 fully saturated rings. The van der Waals surface area contributed by atoms with Crippen LogP contribution in [0.3, 0.4) is 0 Å². The van der Waals surface area contributed by atoms with E-state index >= 15 is 0 Å². The van der Waals surface area contributed by atoms with Gasteiger partial charge < -0.3 is 10.1 Å².